The van der Waals surface area contributed by atoms with Gasteiger partial charge < -0.3 is 5.32 Å². The monoisotopic (exact) mass is 301 g/mol. The van der Waals surface area contributed by atoms with E-state index in [2.05, 4.69) is 24.1 Å². The normalized spacial score (nSPS) is 20.1. The smallest absolute Gasteiger partial charge is 0.159 e. The SMILES string of the molecule is CNC1CC(C)(C)Cc2nc(-c3ccc(Cl)cc3)ncc21. The van der Waals surface area contributed by atoms with Crippen LogP contribution in [0.5, 0.6) is 0 Å². The molecule has 1 aromatic carbocycles. The van der Waals surface area contributed by atoms with Crippen molar-refractivity contribution in [1.82, 2.24) is 15.3 Å². The summed E-state index contributed by atoms with van der Waals surface area (Å²) in [5, 5.41) is 4.11. The Morgan fingerprint density at radius 2 is 1.95 bits per heavy atom. The molecule has 3 rings (SSSR count). The van der Waals surface area contributed by atoms with Crippen LogP contribution in [0.4, 0.5) is 0 Å². The largest absolute Gasteiger partial charge is 0.313 e. The summed E-state index contributed by atoms with van der Waals surface area (Å²) in [5.41, 5.74) is 3.65. The van der Waals surface area contributed by atoms with Crippen LogP contribution in [-0.2, 0) is 6.42 Å². The fourth-order valence-electron chi connectivity index (χ4n) is 3.04. The van der Waals surface area contributed by atoms with E-state index >= 15 is 0 Å². The average molecular weight is 302 g/mol. The topological polar surface area (TPSA) is 37.8 Å². The number of halogens is 1. The highest BCUT2D eigenvalue weighted by molar-refractivity contribution is 6.30. The lowest BCUT2D eigenvalue weighted by atomic mass is 9.74. The van der Waals surface area contributed by atoms with E-state index in [1.807, 2.05) is 37.5 Å². The van der Waals surface area contributed by atoms with Crippen molar-refractivity contribution in [1.29, 1.82) is 0 Å². The first-order valence-electron chi connectivity index (χ1n) is 7.27. The maximum Gasteiger partial charge on any atom is 0.159 e. The third kappa shape index (κ3) is 2.94. The zero-order valence-corrected chi connectivity index (χ0v) is 13.4. The first-order chi connectivity index (χ1) is 9.98. The van der Waals surface area contributed by atoms with Gasteiger partial charge >= 0.3 is 0 Å². The number of rotatable bonds is 2. The van der Waals surface area contributed by atoms with Gasteiger partial charge in [0.05, 0.1) is 0 Å². The predicted octanol–water partition coefficient (Wildman–Crippen LogP) is 4.03. The van der Waals surface area contributed by atoms with Crippen molar-refractivity contribution in [3.8, 4) is 11.4 Å². The van der Waals surface area contributed by atoms with Crippen LogP contribution in [0, 0.1) is 5.41 Å². The van der Waals surface area contributed by atoms with E-state index < -0.39 is 0 Å². The van der Waals surface area contributed by atoms with Gasteiger partial charge in [0.15, 0.2) is 5.82 Å². The van der Waals surface area contributed by atoms with E-state index in [0.29, 0.717) is 6.04 Å². The molecule has 1 atom stereocenters. The van der Waals surface area contributed by atoms with E-state index in [1.54, 1.807) is 0 Å². The predicted molar refractivity (Wildman–Crippen MR) is 86.4 cm³/mol. The van der Waals surface area contributed by atoms with Gasteiger partial charge in [0.1, 0.15) is 0 Å². The van der Waals surface area contributed by atoms with E-state index in [4.69, 9.17) is 16.6 Å². The van der Waals surface area contributed by atoms with Gasteiger partial charge in [-0.25, -0.2) is 9.97 Å². The minimum atomic E-state index is 0.256. The van der Waals surface area contributed by atoms with Gasteiger partial charge in [-0.05, 0) is 49.6 Å². The quantitative estimate of drug-likeness (QED) is 0.910. The van der Waals surface area contributed by atoms with Crippen LogP contribution in [0.15, 0.2) is 30.5 Å². The molecule has 0 bridgehead atoms. The Morgan fingerprint density at radius 3 is 2.62 bits per heavy atom. The molecule has 1 heterocycles. The number of nitrogens with zero attached hydrogens (tertiary/aromatic N) is 2. The Labute approximate surface area is 130 Å². The first kappa shape index (κ1) is 14.5. The van der Waals surface area contributed by atoms with Crippen molar-refractivity contribution >= 4 is 11.6 Å². The molecule has 0 radical (unpaired) electrons. The van der Waals surface area contributed by atoms with Crippen LogP contribution in [0.1, 0.15) is 37.6 Å². The van der Waals surface area contributed by atoms with Crippen LogP contribution < -0.4 is 5.32 Å². The molecule has 1 unspecified atom stereocenters. The van der Waals surface area contributed by atoms with E-state index in [-0.39, 0.29) is 5.41 Å². The molecule has 0 fully saturated rings. The van der Waals surface area contributed by atoms with E-state index in [1.165, 1.54) is 5.56 Å². The molecule has 0 aliphatic heterocycles. The lowest BCUT2D eigenvalue weighted by Crippen LogP contribution is -2.32. The number of nitrogens with one attached hydrogen (secondary N) is 1. The van der Waals surface area contributed by atoms with E-state index in [9.17, 15) is 0 Å². The van der Waals surface area contributed by atoms with Crippen molar-refractivity contribution in [3.05, 3.63) is 46.7 Å². The molecule has 1 N–H and O–H groups in total. The summed E-state index contributed by atoms with van der Waals surface area (Å²) in [7, 11) is 2.00. The fourth-order valence-corrected chi connectivity index (χ4v) is 3.17. The molecule has 110 valence electrons. The second-order valence-corrected chi connectivity index (χ2v) is 6.93. The van der Waals surface area contributed by atoms with Crippen molar-refractivity contribution in [3.63, 3.8) is 0 Å². The molecule has 0 saturated carbocycles. The average Bonchev–Trinajstić information content (AvgIpc) is 2.45. The third-order valence-corrected chi connectivity index (χ3v) is 4.38. The van der Waals surface area contributed by atoms with Gasteiger partial charge in [-0.1, -0.05) is 25.4 Å². The Balaban J connectivity index is 2.02. The first-order valence-corrected chi connectivity index (χ1v) is 7.65. The lowest BCUT2D eigenvalue weighted by molar-refractivity contribution is 0.260. The summed E-state index contributed by atoms with van der Waals surface area (Å²) in [6.45, 7) is 4.59. The van der Waals surface area contributed by atoms with Crippen LogP contribution >= 0.6 is 11.6 Å². The van der Waals surface area contributed by atoms with Crippen molar-refractivity contribution < 1.29 is 0 Å². The zero-order chi connectivity index (χ0) is 15.0. The molecule has 1 aromatic heterocycles. The molecule has 2 aromatic rings. The van der Waals surface area contributed by atoms with Crippen molar-refractivity contribution in [2.24, 2.45) is 5.41 Å². The standard InChI is InChI=1S/C17H20ClN3/c1-17(2)8-14(19-3)13-10-20-16(21-15(13)9-17)11-4-6-12(18)7-5-11/h4-7,10,14,19H,8-9H2,1-3H3. The highest BCUT2D eigenvalue weighted by atomic mass is 35.5. The maximum absolute atomic E-state index is 5.94. The Kier molecular flexibility index (Phi) is 3.72. The molecule has 1 aliphatic rings. The summed E-state index contributed by atoms with van der Waals surface area (Å²) < 4.78 is 0. The van der Waals surface area contributed by atoms with Gasteiger partial charge in [0.25, 0.3) is 0 Å². The van der Waals surface area contributed by atoms with Crippen LogP contribution in [-0.4, -0.2) is 17.0 Å². The maximum atomic E-state index is 5.94. The molecule has 1 aliphatic carbocycles. The van der Waals surface area contributed by atoms with E-state index in [0.717, 1.165) is 34.9 Å². The molecule has 0 amide bonds. The number of benzene rings is 1. The Morgan fingerprint density at radius 1 is 1.24 bits per heavy atom. The molecule has 0 spiro atoms. The third-order valence-electron chi connectivity index (χ3n) is 4.13. The Bertz CT molecular complexity index is 650. The van der Waals surface area contributed by atoms with Gasteiger partial charge in [0, 0.05) is 34.1 Å². The zero-order valence-electron chi connectivity index (χ0n) is 12.7. The highest BCUT2D eigenvalue weighted by Gasteiger charge is 2.32. The summed E-state index contributed by atoms with van der Waals surface area (Å²) >= 11 is 5.94. The molecular formula is C17H20ClN3. The van der Waals surface area contributed by atoms with Gasteiger partial charge in [-0.3, -0.25) is 0 Å². The van der Waals surface area contributed by atoms with Crippen LogP contribution in [0.2, 0.25) is 5.02 Å². The fraction of sp³-hybridized carbons (Fsp3) is 0.412. The summed E-state index contributed by atoms with van der Waals surface area (Å²) in [6.07, 6.45) is 4.08. The number of hydrogen-bond acceptors (Lipinski definition) is 3. The summed E-state index contributed by atoms with van der Waals surface area (Å²) in [4.78, 5) is 9.36. The van der Waals surface area contributed by atoms with Crippen molar-refractivity contribution in [2.45, 2.75) is 32.7 Å². The van der Waals surface area contributed by atoms with Crippen LogP contribution in [0.25, 0.3) is 11.4 Å². The number of fused-ring (bicyclic) bond motifs is 1. The van der Waals surface area contributed by atoms with Gasteiger partial charge in [0.2, 0.25) is 0 Å². The van der Waals surface area contributed by atoms with Gasteiger partial charge in [-0.2, -0.15) is 0 Å². The molecule has 4 heteroatoms. The summed E-state index contributed by atoms with van der Waals surface area (Å²) in [6, 6.07) is 8.02. The number of aromatic nitrogens is 2. The second-order valence-electron chi connectivity index (χ2n) is 6.49. The summed E-state index contributed by atoms with van der Waals surface area (Å²) in [5.74, 6) is 0.776. The minimum Gasteiger partial charge on any atom is -0.313 e. The molecule has 21 heavy (non-hydrogen) atoms. The minimum absolute atomic E-state index is 0.256. The Hall–Kier alpha value is -1.45. The lowest BCUT2D eigenvalue weighted by Gasteiger charge is -2.36. The highest BCUT2D eigenvalue weighted by Crippen LogP contribution is 2.39. The van der Waals surface area contributed by atoms with Crippen molar-refractivity contribution in [2.75, 3.05) is 7.05 Å². The molecule has 0 saturated heterocycles. The second kappa shape index (κ2) is 5.39. The molecular weight excluding hydrogens is 282 g/mol. The number of hydrogen-bond donors (Lipinski definition) is 1. The molecule has 3 nitrogen and oxygen atoms in total. The van der Waals surface area contributed by atoms with Crippen LogP contribution in [0.3, 0.4) is 0 Å². The van der Waals surface area contributed by atoms with Gasteiger partial charge in [-0.15, -0.1) is 0 Å².